The number of aromatic nitrogens is 2. The fourth-order valence-electron chi connectivity index (χ4n) is 1.45. The van der Waals surface area contributed by atoms with Gasteiger partial charge in [-0.3, -0.25) is 0 Å². The van der Waals surface area contributed by atoms with Gasteiger partial charge in [0.2, 0.25) is 11.7 Å². The van der Waals surface area contributed by atoms with E-state index in [1.165, 1.54) is 0 Å². The fourth-order valence-corrected chi connectivity index (χ4v) is 1.45. The van der Waals surface area contributed by atoms with Crippen molar-refractivity contribution in [1.29, 1.82) is 0 Å². The molecule has 0 aliphatic heterocycles. The second kappa shape index (κ2) is 5.41. The van der Waals surface area contributed by atoms with Gasteiger partial charge in [0.25, 0.3) is 0 Å². The van der Waals surface area contributed by atoms with Crippen molar-refractivity contribution in [2.75, 3.05) is 6.61 Å². The summed E-state index contributed by atoms with van der Waals surface area (Å²) in [5.74, 6) is 0.997. The third-order valence-corrected chi connectivity index (χ3v) is 2.55. The van der Waals surface area contributed by atoms with Gasteiger partial charge in [0, 0.05) is 6.61 Å². The van der Waals surface area contributed by atoms with Crippen LogP contribution in [0.25, 0.3) is 0 Å². The van der Waals surface area contributed by atoms with Gasteiger partial charge in [-0.1, -0.05) is 12.1 Å². The number of aliphatic hydroxyl groups excluding tert-OH is 1. The van der Waals surface area contributed by atoms with Crippen LogP contribution in [-0.2, 0) is 16.8 Å². The molecule has 2 atom stereocenters. The van der Waals surface area contributed by atoms with Crippen LogP contribution in [0, 0.1) is 0 Å². The second-order valence-electron chi connectivity index (χ2n) is 4.08. The zero-order valence-corrected chi connectivity index (χ0v) is 10.4. The maximum atomic E-state index is 9.22. The molecular formula is C11H20N2O3. The van der Waals surface area contributed by atoms with Crippen LogP contribution in [0.5, 0.6) is 0 Å². The molecule has 0 aromatic carbocycles. The molecule has 2 unspecified atom stereocenters. The van der Waals surface area contributed by atoms with Crippen molar-refractivity contribution in [3.63, 3.8) is 0 Å². The van der Waals surface area contributed by atoms with Gasteiger partial charge in [-0.25, -0.2) is 0 Å². The Morgan fingerprint density at radius 3 is 2.69 bits per heavy atom. The molecule has 5 nitrogen and oxygen atoms in total. The number of rotatable bonds is 6. The second-order valence-corrected chi connectivity index (χ2v) is 4.08. The Morgan fingerprint density at radius 2 is 2.19 bits per heavy atom. The number of nitrogens with zero attached hydrogens (tertiary/aromatic N) is 2. The van der Waals surface area contributed by atoms with Gasteiger partial charge in [0.05, 0.1) is 12.5 Å². The van der Waals surface area contributed by atoms with Crippen LogP contribution in [0.4, 0.5) is 0 Å². The molecule has 0 amide bonds. The monoisotopic (exact) mass is 228 g/mol. The van der Waals surface area contributed by atoms with Gasteiger partial charge in [-0.15, -0.1) is 0 Å². The van der Waals surface area contributed by atoms with E-state index < -0.39 is 11.7 Å². The lowest BCUT2D eigenvalue weighted by atomic mass is 10.0. The molecule has 0 saturated heterocycles. The fraction of sp³-hybridized carbons (Fsp3) is 0.818. The molecule has 0 fully saturated rings. The van der Waals surface area contributed by atoms with E-state index in [0.29, 0.717) is 24.7 Å². The van der Waals surface area contributed by atoms with E-state index in [1.807, 2.05) is 20.8 Å². The molecule has 1 aromatic rings. The highest BCUT2D eigenvalue weighted by Crippen LogP contribution is 2.26. The molecule has 1 heterocycles. The van der Waals surface area contributed by atoms with Crippen molar-refractivity contribution in [2.45, 2.75) is 52.2 Å². The summed E-state index contributed by atoms with van der Waals surface area (Å²) in [5.41, 5.74) is -0.505. The summed E-state index contributed by atoms with van der Waals surface area (Å²) in [7, 11) is 0. The average Bonchev–Trinajstić information content (AvgIpc) is 2.66. The molecule has 5 heteroatoms. The highest BCUT2D eigenvalue weighted by Gasteiger charge is 2.30. The summed E-state index contributed by atoms with van der Waals surface area (Å²) < 4.78 is 10.7. The van der Waals surface area contributed by atoms with E-state index >= 15 is 0 Å². The summed E-state index contributed by atoms with van der Waals surface area (Å²) in [5, 5.41) is 13.1. The van der Waals surface area contributed by atoms with Crippen LogP contribution in [0.15, 0.2) is 4.52 Å². The van der Waals surface area contributed by atoms with E-state index in [9.17, 15) is 5.11 Å². The highest BCUT2D eigenvalue weighted by atomic mass is 16.5. The third kappa shape index (κ3) is 3.02. The van der Waals surface area contributed by atoms with Gasteiger partial charge in [-0.05, 0) is 27.2 Å². The lowest BCUT2D eigenvalue weighted by Gasteiger charge is -2.23. The van der Waals surface area contributed by atoms with Gasteiger partial charge < -0.3 is 14.4 Å². The summed E-state index contributed by atoms with van der Waals surface area (Å²) in [6.45, 7) is 8.18. The number of hydrogen-bond acceptors (Lipinski definition) is 5. The maximum Gasteiger partial charge on any atom is 0.229 e. The predicted octanol–water partition coefficient (Wildman–Crippen LogP) is 1.65. The Balaban J connectivity index is 2.82. The quantitative estimate of drug-likeness (QED) is 0.801. The average molecular weight is 228 g/mol. The molecule has 16 heavy (non-hydrogen) atoms. The normalized spacial score (nSPS) is 17.1. The maximum absolute atomic E-state index is 9.22. The molecule has 1 aromatic heterocycles. The summed E-state index contributed by atoms with van der Waals surface area (Å²) >= 11 is 0. The van der Waals surface area contributed by atoms with Crippen LogP contribution in [-0.4, -0.2) is 28.0 Å². The van der Waals surface area contributed by atoms with Crippen molar-refractivity contribution >= 4 is 0 Å². The first-order chi connectivity index (χ1) is 7.51. The topological polar surface area (TPSA) is 68.4 Å². The lowest BCUT2D eigenvalue weighted by Crippen LogP contribution is -2.26. The zero-order chi connectivity index (χ0) is 12.2. The smallest absolute Gasteiger partial charge is 0.229 e. The Morgan fingerprint density at radius 1 is 1.50 bits per heavy atom. The van der Waals surface area contributed by atoms with Crippen molar-refractivity contribution < 1.29 is 14.4 Å². The van der Waals surface area contributed by atoms with E-state index in [1.54, 1.807) is 6.92 Å². The predicted molar refractivity (Wildman–Crippen MR) is 59.0 cm³/mol. The van der Waals surface area contributed by atoms with E-state index in [-0.39, 0.29) is 0 Å². The van der Waals surface area contributed by atoms with Crippen LogP contribution in [0.2, 0.25) is 0 Å². The van der Waals surface area contributed by atoms with Gasteiger partial charge >= 0.3 is 0 Å². The summed E-state index contributed by atoms with van der Waals surface area (Å²) in [6.07, 6.45) is 0.668. The van der Waals surface area contributed by atoms with Crippen molar-refractivity contribution in [1.82, 2.24) is 10.1 Å². The Hall–Kier alpha value is -0.940. The zero-order valence-electron chi connectivity index (χ0n) is 10.4. The minimum atomic E-state index is -0.505. The standard InChI is InChI=1S/C11H20N2O3/c1-5-11(4,15-6-2)10-12-9(16-13-10)7-8(3)14/h8,14H,5-7H2,1-4H3. The van der Waals surface area contributed by atoms with Crippen molar-refractivity contribution in [2.24, 2.45) is 0 Å². The van der Waals surface area contributed by atoms with Crippen molar-refractivity contribution in [3.8, 4) is 0 Å². The first-order valence-electron chi connectivity index (χ1n) is 5.67. The van der Waals surface area contributed by atoms with Gasteiger partial charge in [0.15, 0.2) is 0 Å². The molecule has 0 radical (unpaired) electrons. The van der Waals surface area contributed by atoms with Crippen LogP contribution < -0.4 is 0 Å². The van der Waals surface area contributed by atoms with Crippen molar-refractivity contribution in [3.05, 3.63) is 11.7 Å². The Bertz CT molecular complexity index is 325. The first kappa shape index (κ1) is 13.1. The minimum absolute atomic E-state index is 0.374. The number of aliphatic hydroxyl groups is 1. The molecule has 92 valence electrons. The van der Waals surface area contributed by atoms with Gasteiger partial charge in [0.1, 0.15) is 5.60 Å². The van der Waals surface area contributed by atoms with Crippen LogP contribution in [0.3, 0.4) is 0 Å². The SMILES string of the molecule is CCOC(C)(CC)c1noc(CC(C)O)n1. The first-order valence-corrected chi connectivity index (χ1v) is 5.67. The number of hydrogen-bond donors (Lipinski definition) is 1. The molecule has 0 aliphatic rings. The largest absolute Gasteiger partial charge is 0.393 e. The van der Waals surface area contributed by atoms with E-state index in [4.69, 9.17) is 9.26 Å². The molecule has 0 spiro atoms. The summed E-state index contributed by atoms with van der Waals surface area (Å²) in [4.78, 5) is 4.25. The molecular weight excluding hydrogens is 208 g/mol. The third-order valence-electron chi connectivity index (χ3n) is 2.55. The molecule has 0 saturated carbocycles. The highest BCUT2D eigenvalue weighted by molar-refractivity contribution is 4.99. The van der Waals surface area contributed by atoms with E-state index in [2.05, 4.69) is 10.1 Å². The van der Waals surface area contributed by atoms with E-state index in [0.717, 1.165) is 6.42 Å². The summed E-state index contributed by atoms with van der Waals surface area (Å²) in [6, 6.07) is 0. The van der Waals surface area contributed by atoms with Crippen LogP contribution >= 0.6 is 0 Å². The van der Waals surface area contributed by atoms with Gasteiger partial charge in [-0.2, -0.15) is 4.98 Å². The molecule has 0 bridgehead atoms. The number of ether oxygens (including phenoxy) is 1. The molecule has 1 rings (SSSR count). The lowest BCUT2D eigenvalue weighted by molar-refractivity contribution is -0.0403. The Labute approximate surface area is 95.8 Å². The molecule has 0 aliphatic carbocycles. The minimum Gasteiger partial charge on any atom is -0.393 e. The van der Waals surface area contributed by atoms with Crippen LogP contribution in [0.1, 0.15) is 45.8 Å². The molecule has 1 N–H and O–H groups in total. The Kier molecular flexibility index (Phi) is 4.44.